The Morgan fingerprint density at radius 3 is 2.25 bits per heavy atom. The number of hydrogen-bond donors (Lipinski definition) is 0. The van der Waals surface area contributed by atoms with Gasteiger partial charge in [-0.3, -0.25) is 4.57 Å². The lowest BCUT2D eigenvalue weighted by molar-refractivity contribution is 0.802. The number of aromatic nitrogens is 2. The summed E-state index contributed by atoms with van der Waals surface area (Å²) < 4.78 is 3.40. The third-order valence-electron chi connectivity index (χ3n) is 4.31. The van der Waals surface area contributed by atoms with Gasteiger partial charge in [-0.1, -0.05) is 80.0 Å². The first-order valence-corrected chi connectivity index (χ1v) is 9.21. The topological polar surface area (TPSA) is 17.8 Å². The Kier molecular flexibility index (Phi) is 4.91. The molecule has 1 aromatic heterocycles. The quantitative estimate of drug-likeness (QED) is 0.500. The second kappa shape index (κ2) is 6.94. The molecule has 0 N–H and O–H groups in total. The Labute approximate surface area is 152 Å². The zero-order valence-electron chi connectivity index (χ0n) is 14.6. The smallest absolute Gasteiger partial charge is 0.144 e. The molecule has 0 amide bonds. The van der Waals surface area contributed by atoms with E-state index >= 15 is 0 Å². The predicted molar refractivity (Wildman–Crippen MR) is 105 cm³/mol. The summed E-state index contributed by atoms with van der Waals surface area (Å²) in [6, 6.07) is 14.8. The lowest BCUT2D eigenvalue weighted by Gasteiger charge is -2.23. The van der Waals surface area contributed by atoms with Crippen LogP contribution in [0.5, 0.6) is 0 Å². The van der Waals surface area contributed by atoms with Crippen LogP contribution in [0, 0.1) is 0 Å². The summed E-state index contributed by atoms with van der Waals surface area (Å²) in [6.07, 6.45) is 3.96. The van der Waals surface area contributed by atoms with Crippen molar-refractivity contribution < 1.29 is 0 Å². The maximum atomic E-state index is 4.64. The average molecular weight is 383 g/mol. The lowest BCUT2D eigenvalue weighted by atomic mass is 9.92. The van der Waals surface area contributed by atoms with Gasteiger partial charge in [0.05, 0.1) is 5.69 Å². The van der Waals surface area contributed by atoms with Crippen LogP contribution in [0.3, 0.4) is 0 Å². The van der Waals surface area contributed by atoms with Gasteiger partial charge in [0.1, 0.15) is 5.82 Å². The number of halogens is 1. The summed E-state index contributed by atoms with van der Waals surface area (Å²) in [5, 5.41) is 0. The monoisotopic (exact) mass is 382 g/mol. The first-order chi connectivity index (χ1) is 11.5. The van der Waals surface area contributed by atoms with Crippen molar-refractivity contribution >= 4 is 15.9 Å². The maximum Gasteiger partial charge on any atom is 0.144 e. The number of hydrogen-bond acceptors (Lipinski definition) is 1. The molecule has 2 nitrogen and oxygen atoms in total. The van der Waals surface area contributed by atoms with E-state index in [0.29, 0.717) is 11.8 Å². The minimum Gasteiger partial charge on any atom is -0.299 e. The van der Waals surface area contributed by atoms with Gasteiger partial charge in [-0.25, -0.2) is 4.98 Å². The first kappa shape index (κ1) is 17.0. The summed E-state index contributed by atoms with van der Waals surface area (Å²) in [5.74, 6) is 1.84. The van der Waals surface area contributed by atoms with Crippen LogP contribution >= 0.6 is 15.9 Å². The van der Waals surface area contributed by atoms with Gasteiger partial charge in [-0.2, -0.15) is 0 Å². The molecule has 3 heteroatoms. The zero-order valence-corrected chi connectivity index (χ0v) is 16.2. The largest absolute Gasteiger partial charge is 0.299 e. The van der Waals surface area contributed by atoms with E-state index in [0.717, 1.165) is 15.9 Å². The third kappa shape index (κ3) is 3.05. The highest BCUT2D eigenvalue weighted by molar-refractivity contribution is 9.10. The molecular weight excluding hydrogens is 360 g/mol. The molecular formula is C21H23BrN2. The normalized spacial score (nSPS) is 11.5. The molecule has 0 saturated carbocycles. The summed E-state index contributed by atoms with van der Waals surface area (Å²) >= 11 is 3.76. The van der Waals surface area contributed by atoms with Gasteiger partial charge in [0.25, 0.3) is 0 Å². The fraction of sp³-hybridized carbons (Fsp3) is 0.286. The van der Waals surface area contributed by atoms with Crippen LogP contribution in [0.25, 0.3) is 17.1 Å². The number of benzene rings is 2. The fourth-order valence-corrected chi connectivity index (χ4v) is 3.95. The summed E-state index contributed by atoms with van der Waals surface area (Å²) in [5.41, 5.74) is 5.06. The molecule has 0 fully saturated rings. The van der Waals surface area contributed by atoms with Gasteiger partial charge in [-0.05, 0) is 29.0 Å². The van der Waals surface area contributed by atoms with Crippen LogP contribution < -0.4 is 0 Å². The van der Waals surface area contributed by atoms with Crippen LogP contribution in [-0.4, -0.2) is 9.55 Å². The van der Waals surface area contributed by atoms with Crippen molar-refractivity contribution in [3.63, 3.8) is 0 Å². The average Bonchev–Trinajstić information content (AvgIpc) is 3.03. The van der Waals surface area contributed by atoms with Crippen LogP contribution in [0.4, 0.5) is 0 Å². The number of nitrogens with zero attached hydrogens (tertiary/aromatic N) is 2. The molecule has 0 bridgehead atoms. The molecule has 0 radical (unpaired) electrons. The van der Waals surface area contributed by atoms with Gasteiger partial charge in [0.15, 0.2) is 0 Å². The second-order valence-electron chi connectivity index (χ2n) is 6.70. The zero-order chi connectivity index (χ0) is 17.3. The van der Waals surface area contributed by atoms with Gasteiger partial charge in [0, 0.05) is 22.4 Å². The van der Waals surface area contributed by atoms with Crippen LogP contribution in [-0.2, 0) is 0 Å². The van der Waals surface area contributed by atoms with E-state index < -0.39 is 0 Å². The van der Waals surface area contributed by atoms with E-state index in [9.17, 15) is 0 Å². The van der Waals surface area contributed by atoms with E-state index in [2.05, 4.69) is 95.8 Å². The Morgan fingerprint density at radius 1 is 0.917 bits per heavy atom. The Balaban J connectivity index is 2.31. The minimum absolute atomic E-state index is 0.416. The molecule has 3 rings (SSSR count). The molecule has 2 aromatic carbocycles. The van der Waals surface area contributed by atoms with Crippen molar-refractivity contribution in [2.75, 3.05) is 0 Å². The van der Waals surface area contributed by atoms with Gasteiger partial charge >= 0.3 is 0 Å². The van der Waals surface area contributed by atoms with Crippen molar-refractivity contribution in [1.29, 1.82) is 0 Å². The SMILES string of the molecule is CC(C)c1ccc(Br)c(C(C)C)c1-n1ccnc1-c1ccccc1. The molecule has 24 heavy (non-hydrogen) atoms. The summed E-state index contributed by atoms with van der Waals surface area (Å²) in [7, 11) is 0. The van der Waals surface area contributed by atoms with Gasteiger partial charge in [0.2, 0.25) is 0 Å². The molecule has 0 spiro atoms. The molecule has 0 aliphatic carbocycles. The Hall–Kier alpha value is -1.87. The molecule has 0 unspecified atom stereocenters. The van der Waals surface area contributed by atoms with Crippen LogP contribution in [0.15, 0.2) is 59.3 Å². The van der Waals surface area contributed by atoms with Crippen molar-refractivity contribution in [2.45, 2.75) is 39.5 Å². The standard InChI is InChI=1S/C21H23BrN2/c1-14(2)17-10-11-18(22)19(15(3)4)20(17)24-13-12-23-21(24)16-8-6-5-7-9-16/h5-15H,1-4H3. The molecule has 1 heterocycles. The van der Waals surface area contributed by atoms with E-state index in [1.165, 1.54) is 16.8 Å². The minimum atomic E-state index is 0.416. The predicted octanol–water partition coefficient (Wildman–Crippen LogP) is 6.55. The number of imidazole rings is 1. The van der Waals surface area contributed by atoms with Crippen molar-refractivity contribution in [3.05, 3.63) is 70.5 Å². The molecule has 0 atom stereocenters. The first-order valence-electron chi connectivity index (χ1n) is 8.42. The van der Waals surface area contributed by atoms with Crippen molar-refractivity contribution in [1.82, 2.24) is 9.55 Å². The van der Waals surface area contributed by atoms with E-state index in [-0.39, 0.29) is 0 Å². The molecule has 0 saturated heterocycles. The lowest BCUT2D eigenvalue weighted by Crippen LogP contribution is -2.08. The van der Waals surface area contributed by atoms with E-state index in [1.54, 1.807) is 0 Å². The van der Waals surface area contributed by atoms with Gasteiger partial charge in [-0.15, -0.1) is 0 Å². The Bertz CT molecular complexity index is 832. The summed E-state index contributed by atoms with van der Waals surface area (Å²) in [6.45, 7) is 8.98. The highest BCUT2D eigenvalue weighted by Crippen LogP contribution is 2.37. The number of rotatable bonds is 4. The van der Waals surface area contributed by atoms with E-state index in [4.69, 9.17) is 0 Å². The summed E-state index contributed by atoms with van der Waals surface area (Å²) in [4.78, 5) is 4.64. The molecule has 0 aliphatic rings. The second-order valence-corrected chi connectivity index (χ2v) is 7.55. The maximum absolute atomic E-state index is 4.64. The van der Waals surface area contributed by atoms with Crippen molar-refractivity contribution in [2.24, 2.45) is 0 Å². The molecule has 124 valence electrons. The van der Waals surface area contributed by atoms with Crippen LogP contribution in [0.2, 0.25) is 0 Å². The highest BCUT2D eigenvalue weighted by atomic mass is 79.9. The van der Waals surface area contributed by atoms with Gasteiger partial charge < -0.3 is 0 Å². The fourth-order valence-electron chi connectivity index (χ4n) is 3.17. The van der Waals surface area contributed by atoms with Crippen LogP contribution in [0.1, 0.15) is 50.7 Å². The van der Waals surface area contributed by atoms with Crippen molar-refractivity contribution in [3.8, 4) is 17.1 Å². The highest BCUT2D eigenvalue weighted by Gasteiger charge is 2.20. The molecule has 3 aromatic rings. The Morgan fingerprint density at radius 2 is 1.62 bits per heavy atom. The third-order valence-corrected chi connectivity index (χ3v) is 5.00. The molecule has 0 aliphatic heterocycles. The van der Waals surface area contributed by atoms with E-state index in [1.807, 2.05) is 12.3 Å².